The fourth-order valence-electron chi connectivity index (χ4n) is 4.20. The summed E-state index contributed by atoms with van der Waals surface area (Å²) in [7, 11) is 0. The molecule has 0 spiro atoms. The van der Waals surface area contributed by atoms with Gasteiger partial charge >= 0.3 is 0 Å². The van der Waals surface area contributed by atoms with Crippen molar-refractivity contribution in [2.75, 3.05) is 0 Å². The molecule has 1 N–H and O–H groups in total. The largest absolute Gasteiger partial charge is 0.323 e. The number of hydrogen-bond acceptors (Lipinski definition) is 2. The molecule has 0 radical (unpaired) electrons. The summed E-state index contributed by atoms with van der Waals surface area (Å²) in [5.74, 6) is 0.0279. The van der Waals surface area contributed by atoms with Crippen LogP contribution < -0.4 is 5.56 Å². The van der Waals surface area contributed by atoms with Gasteiger partial charge in [0, 0.05) is 18.8 Å². The number of para-hydroxylation sites is 2. The maximum absolute atomic E-state index is 14.2. The third-order valence-electron chi connectivity index (χ3n) is 5.79. The van der Waals surface area contributed by atoms with Crippen LogP contribution >= 0.6 is 0 Å². The molecule has 6 heteroatoms. The van der Waals surface area contributed by atoms with Crippen molar-refractivity contribution >= 4 is 21.9 Å². The van der Waals surface area contributed by atoms with Gasteiger partial charge in [-0.05, 0) is 42.2 Å². The molecule has 1 fully saturated rings. The summed E-state index contributed by atoms with van der Waals surface area (Å²) in [5.41, 5.74) is 2.00. The van der Waals surface area contributed by atoms with Crippen LogP contribution in [0.25, 0.3) is 21.9 Å². The normalized spacial score (nSPS) is 18.8. The molecule has 2 atom stereocenters. The van der Waals surface area contributed by atoms with Gasteiger partial charge in [-0.25, -0.2) is 13.8 Å². The second-order valence-electron chi connectivity index (χ2n) is 7.50. The number of rotatable bonds is 4. The molecule has 2 aromatic carbocycles. The van der Waals surface area contributed by atoms with E-state index in [0.29, 0.717) is 29.3 Å². The van der Waals surface area contributed by atoms with Crippen LogP contribution in [-0.2, 0) is 6.54 Å². The Hall–Kier alpha value is -3.02. The number of nitrogens with zero attached hydrogens (tertiary/aromatic N) is 2. The van der Waals surface area contributed by atoms with Crippen LogP contribution in [0.4, 0.5) is 8.78 Å². The second-order valence-corrected chi connectivity index (χ2v) is 7.50. The van der Waals surface area contributed by atoms with Gasteiger partial charge in [-0.2, -0.15) is 0 Å². The molecule has 0 amide bonds. The molecular weight excluding hydrogens is 360 g/mol. The van der Waals surface area contributed by atoms with Gasteiger partial charge < -0.3 is 9.55 Å². The smallest absolute Gasteiger partial charge is 0.248 e. The highest BCUT2D eigenvalue weighted by Gasteiger charge is 2.40. The average molecular weight is 381 g/mol. The van der Waals surface area contributed by atoms with E-state index < -0.39 is 17.2 Å². The molecule has 0 bridgehead atoms. The molecule has 28 heavy (non-hydrogen) atoms. The lowest BCUT2D eigenvalue weighted by Gasteiger charge is -2.12. The molecule has 2 aromatic heterocycles. The van der Waals surface area contributed by atoms with Gasteiger partial charge in [0.2, 0.25) is 5.56 Å². The Labute approximate surface area is 161 Å². The maximum Gasteiger partial charge on any atom is 0.248 e. The highest BCUT2D eigenvalue weighted by Crippen LogP contribution is 2.49. The number of fused-ring (bicyclic) bond motifs is 2. The van der Waals surface area contributed by atoms with Crippen LogP contribution in [0.5, 0.6) is 0 Å². The number of hydrogen-bond donors (Lipinski definition) is 1. The fourth-order valence-corrected chi connectivity index (χ4v) is 4.20. The van der Waals surface area contributed by atoms with Gasteiger partial charge in [0.05, 0.1) is 23.1 Å². The van der Waals surface area contributed by atoms with Gasteiger partial charge in [-0.1, -0.05) is 25.5 Å². The first-order valence-corrected chi connectivity index (χ1v) is 9.52. The topological polar surface area (TPSA) is 50.7 Å². The molecule has 144 valence electrons. The lowest BCUT2D eigenvalue weighted by atomic mass is 10.1. The zero-order valence-corrected chi connectivity index (χ0v) is 15.4. The summed E-state index contributed by atoms with van der Waals surface area (Å²) < 4.78 is 30.0. The van der Waals surface area contributed by atoms with Crippen LogP contribution in [0.3, 0.4) is 0 Å². The molecule has 4 nitrogen and oxygen atoms in total. The van der Waals surface area contributed by atoms with Crippen LogP contribution in [0.2, 0.25) is 0 Å². The van der Waals surface area contributed by atoms with Crippen molar-refractivity contribution in [1.29, 1.82) is 0 Å². The van der Waals surface area contributed by atoms with Crippen LogP contribution in [0.1, 0.15) is 38.5 Å². The molecule has 4 aromatic rings. The fraction of sp³-hybridized carbons (Fsp3) is 0.273. The van der Waals surface area contributed by atoms with Gasteiger partial charge in [0.15, 0.2) is 11.6 Å². The van der Waals surface area contributed by atoms with Gasteiger partial charge in [0.1, 0.15) is 5.82 Å². The summed E-state index contributed by atoms with van der Waals surface area (Å²) in [4.78, 5) is 19.4. The summed E-state index contributed by atoms with van der Waals surface area (Å²) >= 11 is 0. The van der Waals surface area contributed by atoms with E-state index in [2.05, 4.69) is 16.5 Å². The van der Waals surface area contributed by atoms with Crippen molar-refractivity contribution in [3.8, 4) is 0 Å². The number of imidazole rings is 1. The summed E-state index contributed by atoms with van der Waals surface area (Å²) in [6.07, 6.45) is 2.21. The van der Waals surface area contributed by atoms with Gasteiger partial charge in [0.25, 0.3) is 0 Å². The Morgan fingerprint density at radius 1 is 1.25 bits per heavy atom. The molecule has 1 aliphatic carbocycles. The van der Waals surface area contributed by atoms with Gasteiger partial charge in [-0.3, -0.25) is 4.79 Å². The van der Waals surface area contributed by atoms with Crippen molar-refractivity contribution in [2.24, 2.45) is 5.92 Å². The number of benzene rings is 2. The van der Waals surface area contributed by atoms with E-state index in [1.165, 1.54) is 12.1 Å². The van der Waals surface area contributed by atoms with Crippen molar-refractivity contribution in [3.63, 3.8) is 0 Å². The maximum atomic E-state index is 14.2. The van der Waals surface area contributed by atoms with E-state index in [4.69, 9.17) is 4.98 Å². The molecule has 1 saturated carbocycles. The zero-order valence-electron chi connectivity index (χ0n) is 15.4. The highest BCUT2D eigenvalue weighted by atomic mass is 19.2. The SMILES string of the molecule is CCC1CC1c1nc2ccccc2n1Cc1cc(=O)[nH]c2c(F)c(F)ccc12.[HH]. The lowest BCUT2D eigenvalue weighted by Crippen LogP contribution is -2.12. The number of pyridine rings is 1. The molecular formula is C22H21F2N3O. The first kappa shape index (κ1) is 17.1. The first-order chi connectivity index (χ1) is 13.6. The standard InChI is InChI=1S/C22H19F2N3O.H2/c1-2-12-9-15(12)22-25-17-5-3-4-6-18(17)27(22)11-13-10-19(28)26-21-14(13)7-8-16(23)20(21)24;/h3-8,10,12,15H,2,9,11H2,1H3,(H,26,28);1H. The monoisotopic (exact) mass is 381 g/mol. The van der Waals surface area contributed by atoms with Crippen LogP contribution in [-0.4, -0.2) is 14.5 Å². The summed E-state index contributed by atoms with van der Waals surface area (Å²) in [5, 5.41) is 0.505. The van der Waals surface area contributed by atoms with E-state index in [1.54, 1.807) is 0 Å². The quantitative estimate of drug-likeness (QED) is 0.543. The molecule has 2 heterocycles. The minimum Gasteiger partial charge on any atom is -0.323 e. The Kier molecular flexibility index (Phi) is 3.82. The second kappa shape index (κ2) is 6.26. The number of aromatic nitrogens is 3. The Bertz CT molecular complexity index is 1280. The first-order valence-electron chi connectivity index (χ1n) is 9.52. The van der Waals surface area contributed by atoms with Crippen LogP contribution in [0, 0.1) is 17.6 Å². The predicted octanol–water partition coefficient (Wildman–Crippen LogP) is 4.96. The van der Waals surface area contributed by atoms with E-state index in [-0.39, 0.29) is 6.94 Å². The molecule has 1 aliphatic rings. The molecule has 2 unspecified atom stereocenters. The Balaban J connectivity index is 0.00000205. The minimum atomic E-state index is -1.03. The number of aromatic amines is 1. The van der Waals surface area contributed by atoms with Crippen molar-refractivity contribution in [1.82, 2.24) is 14.5 Å². The molecule has 0 saturated heterocycles. The molecule has 0 aliphatic heterocycles. The third kappa shape index (κ3) is 2.63. The molecule has 5 rings (SSSR count). The number of halogens is 2. The Morgan fingerprint density at radius 3 is 2.86 bits per heavy atom. The van der Waals surface area contributed by atoms with Crippen molar-refractivity contribution in [3.05, 3.63) is 75.8 Å². The number of nitrogens with one attached hydrogen (secondary N) is 1. The Morgan fingerprint density at radius 2 is 2.07 bits per heavy atom. The van der Waals surface area contributed by atoms with Crippen molar-refractivity contribution < 1.29 is 10.2 Å². The van der Waals surface area contributed by atoms with Gasteiger partial charge in [-0.15, -0.1) is 0 Å². The van der Waals surface area contributed by atoms with E-state index in [1.807, 2.05) is 24.3 Å². The third-order valence-corrected chi connectivity index (χ3v) is 5.79. The lowest BCUT2D eigenvalue weighted by molar-refractivity contribution is 0.515. The summed E-state index contributed by atoms with van der Waals surface area (Å²) in [6.45, 7) is 2.56. The average Bonchev–Trinajstić information content (AvgIpc) is 3.40. The number of H-pyrrole nitrogens is 1. The van der Waals surface area contributed by atoms with E-state index in [0.717, 1.165) is 35.8 Å². The van der Waals surface area contributed by atoms with E-state index in [9.17, 15) is 13.6 Å². The summed E-state index contributed by atoms with van der Waals surface area (Å²) in [6, 6.07) is 12.0. The van der Waals surface area contributed by atoms with E-state index >= 15 is 0 Å². The van der Waals surface area contributed by atoms with Crippen molar-refractivity contribution in [2.45, 2.75) is 32.2 Å². The predicted molar refractivity (Wildman–Crippen MR) is 107 cm³/mol. The minimum absolute atomic E-state index is 0. The zero-order chi connectivity index (χ0) is 19.4. The van der Waals surface area contributed by atoms with Crippen LogP contribution in [0.15, 0.2) is 47.3 Å². The highest BCUT2D eigenvalue weighted by molar-refractivity contribution is 5.83.